The van der Waals surface area contributed by atoms with E-state index in [-0.39, 0.29) is 23.2 Å². The van der Waals surface area contributed by atoms with Crippen molar-refractivity contribution in [1.29, 1.82) is 0 Å². The number of aryl methyl sites for hydroxylation is 2. The summed E-state index contributed by atoms with van der Waals surface area (Å²) in [6.07, 6.45) is 7.89. The molecule has 5 N–H and O–H groups in total. The molecule has 0 saturated carbocycles. The number of amides is 3. The normalized spacial score (nSPS) is 15.1. The molecule has 3 amide bonds. The number of nitrogens with one attached hydrogen (secondary N) is 3. The first-order chi connectivity index (χ1) is 29.5. The minimum atomic E-state index is -1.53. The number of urea groups is 1. The largest absolute Gasteiger partial charge is 0.485 e. The van der Waals surface area contributed by atoms with Gasteiger partial charge in [0.1, 0.15) is 23.5 Å². The van der Waals surface area contributed by atoms with E-state index in [2.05, 4.69) is 71.7 Å². The van der Waals surface area contributed by atoms with Gasteiger partial charge in [-0.05, 0) is 113 Å². The molecule has 1 unspecified atom stereocenters. The molecule has 0 spiro atoms. The molecule has 0 bridgehead atoms. The van der Waals surface area contributed by atoms with Crippen LogP contribution in [-0.4, -0.2) is 85.3 Å². The second-order valence-corrected chi connectivity index (χ2v) is 15.9. The Morgan fingerprint density at radius 3 is 2.51 bits per heavy atom. The van der Waals surface area contributed by atoms with Crippen molar-refractivity contribution in [3.63, 3.8) is 0 Å². The Bertz CT molecular complexity index is 2600. The molecular weight excluding hydrogens is 800 g/mol. The molecule has 5 heterocycles. The van der Waals surface area contributed by atoms with E-state index in [1.807, 2.05) is 50.7 Å². The number of benzene rings is 3. The van der Waals surface area contributed by atoms with Gasteiger partial charge in [-0.25, -0.2) is 28.0 Å². The first kappa shape index (κ1) is 44.2. The molecule has 2 fully saturated rings. The van der Waals surface area contributed by atoms with Crippen LogP contribution in [0.15, 0.2) is 99.3 Å². The number of fused-ring (bicyclic) bond motifs is 1. The predicted molar refractivity (Wildman–Crippen MR) is 234 cm³/mol. The van der Waals surface area contributed by atoms with Gasteiger partial charge in [-0.2, -0.15) is 15.3 Å². The molecule has 2 aliphatic rings. The third-order valence-corrected chi connectivity index (χ3v) is 11.4. The summed E-state index contributed by atoms with van der Waals surface area (Å²) in [5, 5.41) is 21.9. The van der Waals surface area contributed by atoms with E-state index in [4.69, 9.17) is 4.74 Å². The number of nitrogens with two attached hydrogens (primary N) is 1. The maximum Gasteiger partial charge on any atom is 0.329 e. The summed E-state index contributed by atoms with van der Waals surface area (Å²) in [5.41, 5.74) is 9.30. The van der Waals surface area contributed by atoms with Crippen LogP contribution < -0.4 is 31.5 Å². The summed E-state index contributed by atoms with van der Waals surface area (Å²) in [5.74, 6) is 0.638. The second kappa shape index (κ2) is 20.3. The zero-order chi connectivity index (χ0) is 43.6. The molecular formula is C43H51FN12O4S. The van der Waals surface area contributed by atoms with Crippen LogP contribution in [-0.2, 0) is 29.1 Å². The summed E-state index contributed by atoms with van der Waals surface area (Å²) < 4.78 is 37.4. The lowest BCUT2D eigenvalue weighted by atomic mass is 9.90. The third kappa shape index (κ3) is 10.2. The molecule has 320 valence electrons. The highest BCUT2D eigenvalue weighted by atomic mass is 32.2. The molecule has 0 aliphatic carbocycles. The van der Waals surface area contributed by atoms with E-state index in [9.17, 15) is 13.8 Å². The van der Waals surface area contributed by atoms with Gasteiger partial charge in [-0.15, -0.1) is 0 Å². The molecule has 16 nitrogen and oxygen atoms in total. The quantitative estimate of drug-likeness (QED) is 0.125. The van der Waals surface area contributed by atoms with E-state index >= 15 is 4.39 Å². The van der Waals surface area contributed by atoms with Crippen LogP contribution >= 0.6 is 0 Å². The minimum absolute atomic E-state index is 0.0309. The van der Waals surface area contributed by atoms with Crippen LogP contribution in [0, 0.1) is 5.82 Å². The van der Waals surface area contributed by atoms with E-state index in [1.165, 1.54) is 35.7 Å². The summed E-state index contributed by atoms with van der Waals surface area (Å²) in [7, 11) is 1.87. The lowest BCUT2D eigenvalue weighted by Gasteiger charge is -2.25. The van der Waals surface area contributed by atoms with E-state index in [1.54, 1.807) is 29.4 Å². The van der Waals surface area contributed by atoms with Crippen molar-refractivity contribution in [2.45, 2.75) is 68.3 Å². The molecule has 2 aliphatic heterocycles. The van der Waals surface area contributed by atoms with Gasteiger partial charge in [0.05, 0.1) is 28.6 Å². The number of anilines is 1. The average Bonchev–Trinajstić information content (AvgIpc) is 3.93. The molecule has 0 radical (unpaired) electrons. The van der Waals surface area contributed by atoms with Crippen molar-refractivity contribution in [3.05, 3.63) is 102 Å². The van der Waals surface area contributed by atoms with Gasteiger partial charge in [-0.1, -0.05) is 25.1 Å². The van der Waals surface area contributed by atoms with Gasteiger partial charge in [-0.3, -0.25) is 24.8 Å². The van der Waals surface area contributed by atoms with Gasteiger partial charge in [0.25, 0.3) is 0 Å². The number of hydrogen-bond donors (Lipinski definition) is 4. The van der Waals surface area contributed by atoms with E-state index < -0.39 is 22.6 Å². The number of carbonyl (C=O) groups excluding carboxylic acids is 2. The minimum Gasteiger partial charge on any atom is -0.485 e. The molecule has 1 atom stereocenters. The molecule has 6 aromatic rings. The molecule has 8 rings (SSSR count). The van der Waals surface area contributed by atoms with E-state index in [0.29, 0.717) is 51.5 Å². The number of carbonyl (C=O) groups is 2. The predicted octanol–water partition coefficient (Wildman–Crippen LogP) is 5.69. The number of imide groups is 1. The first-order valence-corrected chi connectivity index (χ1v) is 21.2. The van der Waals surface area contributed by atoms with Crippen molar-refractivity contribution in [3.8, 4) is 17.0 Å². The Kier molecular flexibility index (Phi) is 14.7. The SMILES string of the molecule is C=Nn1cnc(-c2cn[nH]c2)c(OC(C)C)c1=Nc1ccc(S(=O)c2cccc(CC)c2)cc1F.CN.Cn1nc(N2CCC(=O)NC2=O)c2ccc(C3CCNCC3)cc21. The highest BCUT2D eigenvalue weighted by Gasteiger charge is 2.28. The standard InChI is InChI=1S/C25H25FN6O2S.C17H21N5O2.CH5N/c1-5-17-7-6-8-19(11-17)35(33)20-9-10-22(21(26)12-20)31-25-24(34-16(2)3)23(18-13-29-30-14-18)28-15-32(25)27-4;1-21-14-10-12(11-4-7-18-8-5-11)2-3-13(14)16(20-21)22-9-6-15(23)19-17(22)24;1-2/h6-16H,4-5H2,1-3H3,(H,29,30);2-3,10-11,18H,4-9H2,1H3,(H,19,23,24);2H2,1H3. The number of H-pyrrole nitrogens is 1. The second-order valence-electron chi connectivity index (χ2n) is 14.4. The lowest BCUT2D eigenvalue weighted by molar-refractivity contribution is -0.120. The number of ether oxygens (including phenoxy) is 1. The maximum atomic E-state index is 15.2. The topological polar surface area (TPSA) is 203 Å². The molecule has 2 saturated heterocycles. The molecule has 3 aromatic carbocycles. The number of aromatic amines is 1. The van der Waals surface area contributed by atoms with Crippen molar-refractivity contribution in [2.24, 2.45) is 22.9 Å². The number of nitrogens with zero attached hydrogens (tertiary/aromatic N) is 8. The Morgan fingerprint density at radius 2 is 1.84 bits per heavy atom. The number of halogens is 1. The number of aromatic nitrogens is 6. The van der Waals surface area contributed by atoms with Gasteiger partial charge in [0, 0.05) is 53.7 Å². The average molecular weight is 851 g/mol. The number of rotatable bonds is 10. The Labute approximate surface area is 355 Å². The third-order valence-electron chi connectivity index (χ3n) is 10.1. The van der Waals surface area contributed by atoms with Crippen molar-refractivity contribution in [2.75, 3.05) is 31.6 Å². The van der Waals surface area contributed by atoms with E-state index in [0.717, 1.165) is 48.8 Å². The fraction of sp³-hybridized carbons (Fsp3) is 0.326. The van der Waals surface area contributed by atoms with Crippen molar-refractivity contribution in [1.82, 2.24) is 40.3 Å². The zero-order valence-electron chi connectivity index (χ0n) is 34.9. The fourth-order valence-electron chi connectivity index (χ4n) is 7.03. The van der Waals surface area contributed by atoms with Crippen LogP contribution in [0.3, 0.4) is 0 Å². The fourth-order valence-corrected chi connectivity index (χ4v) is 8.16. The Hall–Kier alpha value is -6.37. The van der Waals surface area contributed by atoms with Crippen molar-refractivity contribution < 1.29 is 22.9 Å². The number of piperidine rings is 1. The summed E-state index contributed by atoms with van der Waals surface area (Å²) in [6.45, 7) is 11.8. The first-order valence-electron chi connectivity index (χ1n) is 20.0. The monoisotopic (exact) mass is 850 g/mol. The van der Waals surface area contributed by atoms with Crippen molar-refractivity contribution >= 4 is 51.9 Å². The van der Waals surface area contributed by atoms with Crippen LogP contribution in [0.5, 0.6) is 5.75 Å². The smallest absolute Gasteiger partial charge is 0.329 e. The van der Waals surface area contributed by atoms with Crippen LogP contribution in [0.1, 0.15) is 57.1 Å². The Morgan fingerprint density at radius 1 is 1.07 bits per heavy atom. The summed E-state index contributed by atoms with van der Waals surface area (Å²) in [6, 6.07) is 17.8. The highest BCUT2D eigenvalue weighted by molar-refractivity contribution is 7.85. The number of hydrogen-bond acceptors (Lipinski definition) is 11. The lowest BCUT2D eigenvalue weighted by Crippen LogP contribution is -2.49. The van der Waals surface area contributed by atoms with Gasteiger partial charge < -0.3 is 15.8 Å². The molecule has 18 heteroatoms. The van der Waals surface area contributed by atoms with Gasteiger partial charge in [0.2, 0.25) is 11.4 Å². The Balaban J connectivity index is 0.000000208. The summed E-state index contributed by atoms with van der Waals surface area (Å²) >= 11 is 0. The summed E-state index contributed by atoms with van der Waals surface area (Å²) in [4.78, 5) is 34.9. The van der Waals surface area contributed by atoms with Crippen LogP contribution in [0.4, 0.5) is 20.7 Å². The molecule has 3 aromatic heterocycles. The zero-order valence-corrected chi connectivity index (χ0v) is 35.7. The van der Waals surface area contributed by atoms with Gasteiger partial charge >= 0.3 is 6.03 Å². The van der Waals surface area contributed by atoms with Crippen LogP contribution in [0.25, 0.3) is 22.2 Å². The maximum absolute atomic E-state index is 15.2. The van der Waals surface area contributed by atoms with Gasteiger partial charge in [0.15, 0.2) is 11.6 Å². The highest BCUT2D eigenvalue weighted by Crippen LogP contribution is 2.33. The molecule has 61 heavy (non-hydrogen) atoms. The van der Waals surface area contributed by atoms with Crippen LogP contribution in [0.2, 0.25) is 0 Å².